The van der Waals surface area contributed by atoms with Crippen molar-refractivity contribution in [3.8, 4) is 0 Å². The number of carboxylic acids is 1. The number of likely N-dealkylation sites (tertiary alicyclic amines) is 2. The van der Waals surface area contributed by atoms with Crippen LogP contribution in [0.4, 0.5) is 18.0 Å². The second-order valence-electron chi connectivity index (χ2n) is 8.96. The van der Waals surface area contributed by atoms with E-state index in [9.17, 15) is 37.5 Å². The van der Waals surface area contributed by atoms with E-state index in [0.29, 0.717) is 0 Å². The molecule has 4 aliphatic heterocycles. The van der Waals surface area contributed by atoms with Crippen LogP contribution in [0, 0.1) is 11.8 Å². The first-order valence-corrected chi connectivity index (χ1v) is 12.2. The molecule has 0 aromatic rings. The topological polar surface area (TPSA) is 133 Å². The predicted octanol–water partition coefficient (Wildman–Crippen LogP) is 1.16. The van der Waals surface area contributed by atoms with Gasteiger partial charge < -0.3 is 25.4 Å². The van der Waals surface area contributed by atoms with E-state index in [-0.39, 0.29) is 55.3 Å². The van der Waals surface area contributed by atoms with Crippen molar-refractivity contribution in [2.45, 2.75) is 24.0 Å². The van der Waals surface area contributed by atoms with Crippen LogP contribution < -0.4 is 5.73 Å². The standard InChI is InChI=1S/C22H25F3N4O6S/c1-2-5-35-21(34)28-8-13(14(9-28)22(23,24)25)7-27-4-3-11(17(27)30)6-12-10-36-19-15(26)18(31)29(19)16(12)20(32)33/h2,6,13-15,19H,1,3-5,7-10,26H2,(H,32,33)/b11-6+/t13-,14-,15+,19+/m0/s1. The van der Waals surface area contributed by atoms with Crippen LogP contribution >= 0.6 is 11.8 Å². The van der Waals surface area contributed by atoms with Gasteiger partial charge in [0.15, 0.2) is 0 Å². The number of nitrogens with two attached hydrogens (primary N) is 1. The summed E-state index contributed by atoms with van der Waals surface area (Å²) in [7, 11) is 0. The van der Waals surface area contributed by atoms with Crippen molar-refractivity contribution in [3.63, 3.8) is 0 Å². The summed E-state index contributed by atoms with van der Waals surface area (Å²) in [4.78, 5) is 52.5. The lowest BCUT2D eigenvalue weighted by molar-refractivity contribution is -0.181. The van der Waals surface area contributed by atoms with Gasteiger partial charge in [-0.15, -0.1) is 11.8 Å². The molecule has 0 bridgehead atoms. The first-order valence-electron chi connectivity index (χ1n) is 11.2. The SMILES string of the molecule is C=CCOC(=O)N1C[C@H](CN2CC/C(=C\C3=C(C(=O)O)N4C(=O)[C@@H](N)[C@H]4SC3)C2=O)[C@@H](C(F)(F)F)C1. The lowest BCUT2D eigenvalue weighted by Gasteiger charge is -2.47. The number of allylic oxidation sites excluding steroid dienone is 1. The zero-order valence-corrected chi connectivity index (χ0v) is 19.9. The van der Waals surface area contributed by atoms with Gasteiger partial charge in [-0.3, -0.25) is 14.5 Å². The van der Waals surface area contributed by atoms with Crippen molar-refractivity contribution in [1.29, 1.82) is 0 Å². The molecule has 4 heterocycles. The molecule has 3 fully saturated rings. The average molecular weight is 531 g/mol. The molecule has 3 N–H and O–H groups in total. The van der Waals surface area contributed by atoms with Gasteiger partial charge in [-0.25, -0.2) is 9.59 Å². The van der Waals surface area contributed by atoms with Crippen LogP contribution in [-0.2, 0) is 19.1 Å². The fourth-order valence-electron chi connectivity index (χ4n) is 4.92. The molecule has 4 rings (SSSR count). The van der Waals surface area contributed by atoms with Crippen LogP contribution in [0.5, 0.6) is 0 Å². The number of halogens is 3. The summed E-state index contributed by atoms with van der Waals surface area (Å²) in [5.74, 6) is -4.97. The van der Waals surface area contributed by atoms with Crippen LogP contribution in [0.1, 0.15) is 6.42 Å². The van der Waals surface area contributed by atoms with Crippen molar-refractivity contribution in [2.75, 3.05) is 38.5 Å². The number of aliphatic carboxylic acids is 1. The Labute approximate surface area is 208 Å². The number of carbonyl (C=O) groups excluding carboxylic acids is 3. The lowest BCUT2D eigenvalue weighted by atomic mass is 9.95. The van der Waals surface area contributed by atoms with Gasteiger partial charge in [0.2, 0.25) is 11.8 Å². The minimum Gasteiger partial charge on any atom is -0.477 e. The zero-order valence-electron chi connectivity index (χ0n) is 19.1. The fraction of sp³-hybridized carbons (Fsp3) is 0.545. The monoisotopic (exact) mass is 530 g/mol. The average Bonchev–Trinajstić information content (AvgIpc) is 3.41. The van der Waals surface area contributed by atoms with E-state index in [1.54, 1.807) is 0 Å². The van der Waals surface area contributed by atoms with Crippen LogP contribution in [0.25, 0.3) is 0 Å². The Bertz CT molecular complexity index is 1060. The summed E-state index contributed by atoms with van der Waals surface area (Å²) in [5, 5.41) is 9.18. The number of rotatable bonds is 6. The molecule has 4 atom stereocenters. The molecule has 0 aromatic carbocycles. The summed E-state index contributed by atoms with van der Waals surface area (Å²) in [6, 6.07) is -0.788. The number of fused-ring (bicyclic) bond motifs is 1. The van der Waals surface area contributed by atoms with Crippen LogP contribution in [-0.4, -0.2) is 99.8 Å². The maximum Gasteiger partial charge on any atom is 0.410 e. The normalized spacial score (nSPS) is 29.6. The first kappa shape index (κ1) is 26.1. The maximum atomic E-state index is 13.7. The fourth-order valence-corrected chi connectivity index (χ4v) is 6.17. The molecule has 196 valence electrons. The zero-order chi connectivity index (χ0) is 26.4. The highest BCUT2D eigenvalue weighted by Crippen LogP contribution is 2.41. The molecule has 10 nitrogen and oxygen atoms in total. The van der Waals surface area contributed by atoms with Crippen molar-refractivity contribution in [1.82, 2.24) is 14.7 Å². The molecule has 3 saturated heterocycles. The minimum absolute atomic E-state index is 0.127. The van der Waals surface area contributed by atoms with E-state index in [0.717, 1.165) is 9.80 Å². The molecular weight excluding hydrogens is 505 g/mol. The number of carboxylic acid groups (broad SMARTS) is 1. The first-order chi connectivity index (χ1) is 16.9. The van der Waals surface area contributed by atoms with Crippen molar-refractivity contribution in [2.24, 2.45) is 17.6 Å². The summed E-state index contributed by atoms with van der Waals surface area (Å²) >= 11 is 1.29. The molecule has 4 aliphatic rings. The van der Waals surface area contributed by atoms with E-state index < -0.39 is 59.8 Å². The van der Waals surface area contributed by atoms with E-state index in [1.807, 2.05) is 0 Å². The van der Waals surface area contributed by atoms with Gasteiger partial charge in [-0.2, -0.15) is 13.2 Å². The van der Waals surface area contributed by atoms with Gasteiger partial charge in [-0.05, 0) is 18.1 Å². The lowest BCUT2D eigenvalue weighted by Crippen LogP contribution is -2.68. The van der Waals surface area contributed by atoms with E-state index >= 15 is 0 Å². The Kier molecular flexibility index (Phi) is 7.10. The number of ether oxygens (including phenoxy) is 1. The molecule has 0 aliphatic carbocycles. The smallest absolute Gasteiger partial charge is 0.410 e. The van der Waals surface area contributed by atoms with Crippen molar-refractivity contribution in [3.05, 3.63) is 35.6 Å². The predicted molar refractivity (Wildman–Crippen MR) is 121 cm³/mol. The van der Waals surface area contributed by atoms with Crippen molar-refractivity contribution >= 4 is 35.6 Å². The highest BCUT2D eigenvalue weighted by Gasteiger charge is 2.53. The Balaban J connectivity index is 1.49. The molecular formula is C22H25F3N4O6S. The number of nitrogens with zero attached hydrogens (tertiary/aromatic N) is 3. The molecule has 36 heavy (non-hydrogen) atoms. The van der Waals surface area contributed by atoms with Crippen LogP contribution in [0.2, 0.25) is 0 Å². The number of β-lactam (4-membered cyclic amide) rings is 1. The highest BCUT2D eigenvalue weighted by molar-refractivity contribution is 8.00. The maximum absolute atomic E-state index is 13.7. The van der Waals surface area contributed by atoms with E-state index in [4.69, 9.17) is 10.5 Å². The third kappa shape index (κ3) is 4.71. The van der Waals surface area contributed by atoms with Gasteiger partial charge in [0.05, 0.1) is 5.92 Å². The second-order valence-corrected chi connectivity index (χ2v) is 10.1. The van der Waals surface area contributed by atoms with E-state index in [1.165, 1.54) is 28.8 Å². The number of alkyl halides is 3. The quantitative estimate of drug-likeness (QED) is 0.297. The number of amides is 3. The highest BCUT2D eigenvalue weighted by atomic mass is 32.2. The summed E-state index contributed by atoms with van der Waals surface area (Å²) in [6.07, 6.45) is -2.50. The van der Waals surface area contributed by atoms with Gasteiger partial charge >= 0.3 is 18.2 Å². The van der Waals surface area contributed by atoms with Crippen LogP contribution in [0.15, 0.2) is 35.6 Å². The third-order valence-corrected chi connectivity index (χ3v) is 8.03. The third-order valence-electron chi connectivity index (χ3n) is 6.70. The molecule has 0 aromatic heterocycles. The molecule has 3 amide bonds. The number of hydrogen-bond acceptors (Lipinski definition) is 7. The summed E-state index contributed by atoms with van der Waals surface area (Å²) in [6.45, 7) is 2.44. The van der Waals surface area contributed by atoms with Gasteiger partial charge in [0, 0.05) is 43.4 Å². The molecule has 14 heteroatoms. The minimum atomic E-state index is -4.57. The van der Waals surface area contributed by atoms with Crippen molar-refractivity contribution < 1.29 is 42.2 Å². The Morgan fingerprint density at radius 2 is 2.00 bits per heavy atom. The van der Waals surface area contributed by atoms with Gasteiger partial charge in [-0.1, -0.05) is 12.7 Å². The van der Waals surface area contributed by atoms with E-state index in [2.05, 4.69) is 6.58 Å². The molecule has 0 radical (unpaired) electrons. The Morgan fingerprint density at radius 3 is 2.64 bits per heavy atom. The second kappa shape index (κ2) is 9.81. The molecule has 0 spiro atoms. The summed E-state index contributed by atoms with van der Waals surface area (Å²) < 4.78 is 45.9. The number of thioether (sulfide) groups is 1. The molecule has 0 saturated carbocycles. The summed E-state index contributed by atoms with van der Waals surface area (Å²) in [5.41, 5.74) is 6.04. The van der Waals surface area contributed by atoms with Gasteiger partial charge in [0.25, 0.3) is 0 Å². The Morgan fingerprint density at radius 1 is 1.28 bits per heavy atom. The largest absolute Gasteiger partial charge is 0.477 e. The number of carbonyl (C=O) groups is 4. The number of hydrogen-bond donors (Lipinski definition) is 2. The molecule has 0 unspecified atom stereocenters. The van der Waals surface area contributed by atoms with Crippen LogP contribution in [0.3, 0.4) is 0 Å². The Hall–Kier alpha value is -3.00. The van der Waals surface area contributed by atoms with Gasteiger partial charge in [0.1, 0.15) is 23.7 Å².